The molecule has 19 heavy (non-hydrogen) atoms. The first kappa shape index (κ1) is 12.9. The number of hydrogen-bond acceptors (Lipinski definition) is 5. The maximum absolute atomic E-state index is 11.3. The lowest BCUT2D eigenvalue weighted by atomic mass is 10.1. The topological polar surface area (TPSA) is 73.4 Å². The fourth-order valence-corrected chi connectivity index (χ4v) is 1.63. The van der Waals surface area contributed by atoms with E-state index in [1.807, 2.05) is 12.1 Å². The lowest BCUT2D eigenvalue weighted by Gasteiger charge is -2.07. The van der Waals surface area contributed by atoms with Crippen LogP contribution in [0.2, 0.25) is 0 Å². The Hall–Kier alpha value is -2.50. The van der Waals surface area contributed by atoms with Crippen LogP contribution in [0.5, 0.6) is 11.5 Å². The highest BCUT2D eigenvalue weighted by atomic mass is 16.5. The number of methoxy groups -OCH3 is 3. The molecule has 1 aromatic carbocycles. The molecule has 0 radical (unpaired) electrons. The smallest absolute Gasteiger partial charge is 0.374 e. The van der Waals surface area contributed by atoms with E-state index in [9.17, 15) is 4.79 Å². The van der Waals surface area contributed by atoms with Gasteiger partial charge in [0.2, 0.25) is 5.82 Å². The maximum atomic E-state index is 11.3. The van der Waals surface area contributed by atoms with E-state index in [0.717, 1.165) is 5.56 Å². The molecule has 0 aliphatic rings. The van der Waals surface area contributed by atoms with Gasteiger partial charge >= 0.3 is 5.97 Å². The van der Waals surface area contributed by atoms with Crippen LogP contribution in [0.1, 0.15) is 10.6 Å². The SMILES string of the molecule is COC(=O)c1ncc(-c2cc(OC)cc(OC)c2)[nH]1. The molecule has 0 fully saturated rings. The molecule has 6 nitrogen and oxygen atoms in total. The molecular formula is C13H14N2O4. The lowest BCUT2D eigenvalue weighted by molar-refractivity contribution is 0.0588. The third-order valence-electron chi connectivity index (χ3n) is 2.62. The molecule has 0 atom stereocenters. The quantitative estimate of drug-likeness (QED) is 0.851. The van der Waals surface area contributed by atoms with Crippen molar-refractivity contribution in [2.75, 3.05) is 21.3 Å². The second kappa shape index (κ2) is 5.43. The van der Waals surface area contributed by atoms with Gasteiger partial charge < -0.3 is 19.2 Å². The van der Waals surface area contributed by atoms with Crippen LogP contribution in [0.4, 0.5) is 0 Å². The average Bonchev–Trinajstić information content (AvgIpc) is 2.95. The Balaban J connectivity index is 2.40. The number of nitrogens with one attached hydrogen (secondary N) is 1. The molecule has 0 saturated carbocycles. The van der Waals surface area contributed by atoms with Crippen LogP contribution in [0, 0.1) is 0 Å². The van der Waals surface area contributed by atoms with Crippen molar-refractivity contribution in [1.29, 1.82) is 0 Å². The number of hydrogen-bond donors (Lipinski definition) is 1. The Morgan fingerprint density at radius 2 is 1.74 bits per heavy atom. The van der Waals surface area contributed by atoms with Gasteiger partial charge in [0.25, 0.3) is 0 Å². The monoisotopic (exact) mass is 262 g/mol. The van der Waals surface area contributed by atoms with Gasteiger partial charge in [-0.05, 0) is 12.1 Å². The largest absolute Gasteiger partial charge is 0.497 e. The van der Waals surface area contributed by atoms with E-state index in [0.29, 0.717) is 17.2 Å². The van der Waals surface area contributed by atoms with Crippen molar-refractivity contribution in [3.63, 3.8) is 0 Å². The standard InChI is InChI=1S/C13H14N2O4/c1-17-9-4-8(5-10(6-9)18-2)11-7-14-12(15-11)13(16)19-3/h4-7H,1-3H3,(H,14,15). The van der Waals surface area contributed by atoms with Gasteiger partial charge in [-0.1, -0.05) is 0 Å². The van der Waals surface area contributed by atoms with Crippen molar-refractivity contribution in [3.8, 4) is 22.8 Å². The predicted molar refractivity (Wildman–Crippen MR) is 68.5 cm³/mol. The predicted octanol–water partition coefficient (Wildman–Crippen LogP) is 1.88. The highest BCUT2D eigenvalue weighted by Gasteiger charge is 2.12. The van der Waals surface area contributed by atoms with Gasteiger partial charge in [-0.25, -0.2) is 9.78 Å². The molecule has 1 N–H and O–H groups in total. The van der Waals surface area contributed by atoms with E-state index < -0.39 is 5.97 Å². The first-order valence-corrected chi connectivity index (χ1v) is 5.54. The summed E-state index contributed by atoms with van der Waals surface area (Å²) < 4.78 is 15.0. The van der Waals surface area contributed by atoms with Crippen molar-refractivity contribution in [2.45, 2.75) is 0 Å². The van der Waals surface area contributed by atoms with Crippen molar-refractivity contribution >= 4 is 5.97 Å². The third kappa shape index (κ3) is 2.67. The first-order valence-electron chi connectivity index (χ1n) is 5.54. The lowest BCUT2D eigenvalue weighted by Crippen LogP contribution is -2.03. The fourth-order valence-electron chi connectivity index (χ4n) is 1.63. The number of nitrogens with zero attached hydrogens (tertiary/aromatic N) is 1. The summed E-state index contributed by atoms with van der Waals surface area (Å²) in [5, 5.41) is 0. The maximum Gasteiger partial charge on any atom is 0.374 e. The minimum Gasteiger partial charge on any atom is -0.497 e. The van der Waals surface area contributed by atoms with Gasteiger partial charge in [0.1, 0.15) is 11.5 Å². The van der Waals surface area contributed by atoms with Crippen LogP contribution < -0.4 is 9.47 Å². The number of carbonyl (C=O) groups excluding carboxylic acids is 1. The Bertz CT molecular complexity index is 570. The van der Waals surface area contributed by atoms with E-state index in [2.05, 4.69) is 14.7 Å². The van der Waals surface area contributed by atoms with Crippen LogP contribution >= 0.6 is 0 Å². The Kier molecular flexibility index (Phi) is 3.70. The summed E-state index contributed by atoms with van der Waals surface area (Å²) in [6.07, 6.45) is 1.56. The van der Waals surface area contributed by atoms with Crippen molar-refractivity contribution in [3.05, 3.63) is 30.2 Å². The summed E-state index contributed by atoms with van der Waals surface area (Å²) >= 11 is 0. The molecular weight excluding hydrogens is 248 g/mol. The number of H-pyrrole nitrogens is 1. The number of aromatic amines is 1. The molecule has 1 heterocycles. The first-order chi connectivity index (χ1) is 9.17. The molecule has 2 rings (SSSR count). The minimum atomic E-state index is -0.513. The van der Waals surface area contributed by atoms with Crippen molar-refractivity contribution < 1.29 is 19.0 Å². The summed E-state index contributed by atoms with van der Waals surface area (Å²) in [7, 11) is 4.45. The highest BCUT2D eigenvalue weighted by Crippen LogP contribution is 2.28. The molecule has 0 spiro atoms. The van der Waals surface area contributed by atoms with E-state index >= 15 is 0 Å². The Labute approximate surface area is 110 Å². The molecule has 0 aliphatic heterocycles. The number of aromatic nitrogens is 2. The van der Waals surface area contributed by atoms with Crippen molar-refractivity contribution in [1.82, 2.24) is 9.97 Å². The molecule has 6 heteroatoms. The molecule has 0 saturated heterocycles. The zero-order valence-electron chi connectivity index (χ0n) is 10.9. The third-order valence-corrected chi connectivity index (χ3v) is 2.62. The van der Waals surface area contributed by atoms with Crippen LogP contribution in [-0.2, 0) is 4.74 Å². The van der Waals surface area contributed by atoms with E-state index in [-0.39, 0.29) is 5.82 Å². The summed E-state index contributed by atoms with van der Waals surface area (Å²) in [4.78, 5) is 18.2. The van der Waals surface area contributed by atoms with Gasteiger partial charge in [-0.3, -0.25) is 0 Å². The second-order valence-electron chi connectivity index (χ2n) is 3.74. The second-order valence-corrected chi connectivity index (χ2v) is 3.74. The van der Waals surface area contributed by atoms with Gasteiger partial charge in [-0.15, -0.1) is 0 Å². The number of carbonyl (C=O) groups is 1. The zero-order chi connectivity index (χ0) is 13.8. The van der Waals surface area contributed by atoms with Gasteiger partial charge in [0.05, 0.1) is 33.2 Å². The molecule has 100 valence electrons. The Morgan fingerprint density at radius 1 is 1.11 bits per heavy atom. The van der Waals surface area contributed by atoms with E-state index in [1.165, 1.54) is 7.11 Å². The molecule has 0 amide bonds. The fraction of sp³-hybridized carbons (Fsp3) is 0.231. The summed E-state index contributed by atoms with van der Waals surface area (Å²) in [6, 6.07) is 5.40. The van der Waals surface area contributed by atoms with Crippen LogP contribution in [0.25, 0.3) is 11.3 Å². The zero-order valence-corrected chi connectivity index (χ0v) is 10.9. The van der Waals surface area contributed by atoms with E-state index in [1.54, 1.807) is 26.5 Å². The molecule has 0 bridgehead atoms. The molecule has 0 unspecified atom stereocenters. The summed E-state index contributed by atoms with van der Waals surface area (Å²) in [5.74, 6) is 0.951. The average molecular weight is 262 g/mol. The molecule has 0 aliphatic carbocycles. The summed E-state index contributed by atoms with van der Waals surface area (Å²) in [5.41, 5.74) is 1.48. The highest BCUT2D eigenvalue weighted by molar-refractivity contribution is 5.86. The molecule has 1 aromatic heterocycles. The number of rotatable bonds is 4. The van der Waals surface area contributed by atoms with Crippen molar-refractivity contribution in [2.24, 2.45) is 0 Å². The number of benzene rings is 1. The number of esters is 1. The number of ether oxygens (including phenoxy) is 3. The van der Waals surface area contributed by atoms with Gasteiger partial charge in [-0.2, -0.15) is 0 Å². The number of imidazole rings is 1. The van der Waals surface area contributed by atoms with Crippen LogP contribution in [0.15, 0.2) is 24.4 Å². The normalized spacial score (nSPS) is 10.1. The Morgan fingerprint density at radius 3 is 2.26 bits per heavy atom. The van der Waals surface area contributed by atoms with Crippen LogP contribution in [0.3, 0.4) is 0 Å². The summed E-state index contributed by atoms with van der Waals surface area (Å²) in [6.45, 7) is 0. The van der Waals surface area contributed by atoms with Gasteiger partial charge in [0, 0.05) is 11.6 Å². The van der Waals surface area contributed by atoms with Gasteiger partial charge in [0.15, 0.2) is 0 Å². The molecule has 2 aromatic rings. The minimum absolute atomic E-state index is 0.152. The van der Waals surface area contributed by atoms with Crippen LogP contribution in [-0.4, -0.2) is 37.3 Å². The van der Waals surface area contributed by atoms with E-state index in [4.69, 9.17) is 9.47 Å².